The van der Waals surface area contributed by atoms with Gasteiger partial charge in [0.25, 0.3) is 0 Å². The summed E-state index contributed by atoms with van der Waals surface area (Å²) in [5.41, 5.74) is 3.44. The quantitative estimate of drug-likeness (QED) is 0.449. The molecule has 14 heavy (non-hydrogen) atoms. The second kappa shape index (κ2) is 7.67. The number of hydrogen-bond donors (Lipinski definition) is 0. The Morgan fingerprint density at radius 2 is 1.79 bits per heavy atom. The van der Waals surface area contributed by atoms with Crippen LogP contribution in [0.4, 0.5) is 0 Å². The first kappa shape index (κ1) is 13.3. The second-order valence-corrected chi connectivity index (χ2v) is 3.68. The van der Waals surface area contributed by atoms with Crippen LogP contribution in [0.1, 0.15) is 47.0 Å². The Bertz CT molecular complexity index is 244. The topological polar surface area (TPSA) is 0 Å². The van der Waals surface area contributed by atoms with Crippen molar-refractivity contribution in [2.45, 2.75) is 47.0 Å². The lowest BCUT2D eigenvalue weighted by atomic mass is 9.87. The van der Waals surface area contributed by atoms with E-state index in [-0.39, 0.29) is 0 Å². The molecule has 0 unspecified atom stereocenters. The zero-order valence-electron chi connectivity index (χ0n) is 9.93. The average Bonchev–Trinajstić information content (AvgIpc) is 2.15. The molecular formula is C13H21B. The van der Waals surface area contributed by atoms with Gasteiger partial charge in [0.1, 0.15) is 7.85 Å². The minimum atomic E-state index is 0.877. The van der Waals surface area contributed by atoms with Crippen LogP contribution in [0.3, 0.4) is 0 Å². The minimum Gasteiger partial charge on any atom is -0.0941 e. The molecule has 0 aromatic heterocycles. The van der Waals surface area contributed by atoms with Crippen LogP contribution in [0.2, 0.25) is 0 Å². The first-order valence-electron chi connectivity index (χ1n) is 5.41. The summed E-state index contributed by atoms with van der Waals surface area (Å²) in [7, 11) is 5.90. The summed E-state index contributed by atoms with van der Waals surface area (Å²) >= 11 is 0. The summed E-state index contributed by atoms with van der Waals surface area (Å²) in [6.07, 6.45) is 9.66. The Morgan fingerprint density at radius 3 is 2.29 bits per heavy atom. The van der Waals surface area contributed by atoms with Crippen molar-refractivity contribution in [3.63, 3.8) is 0 Å². The lowest BCUT2D eigenvalue weighted by Gasteiger charge is -2.00. The molecule has 0 spiro atoms. The number of hydrogen-bond acceptors (Lipinski definition) is 0. The van der Waals surface area contributed by atoms with E-state index in [1.807, 2.05) is 6.08 Å². The predicted octanol–water partition coefficient (Wildman–Crippen LogP) is 4.14. The van der Waals surface area contributed by atoms with Gasteiger partial charge in [-0.15, -0.1) is 0 Å². The van der Waals surface area contributed by atoms with Gasteiger partial charge in [0.05, 0.1) is 0 Å². The van der Waals surface area contributed by atoms with Gasteiger partial charge >= 0.3 is 0 Å². The van der Waals surface area contributed by atoms with Gasteiger partial charge in [-0.1, -0.05) is 55.1 Å². The fourth-order valence-corrected chi connectivity index (χ4v) is 1.27. The van der Waals surface area contributed by atoms with Crippen molar-refractivity contribution >= 4 is 7.85 Å². The minimum absolute atomic E-state index is 0.877. The Kier molecular flexibility index (Phi) is 7.28. The second-order valence-electron chi connectivity index (χ2n) is 3.68. The fourth-order valence-electron chi connectivity index (χ4n) is 1.27. The predicted molar refractivity (Wildman–Crippen MR) is 66.6 cm³/mol. The van der Waals surface area contributed by atoms with E-state index in [4.69, 9.17) is 7.85 Å². The highest BCUT2D eigenvalue weighted by Crippen LogP contribution is 2.09. The third-order valence-corrected chi connectivity index (χ3v) is 2.16. The van der Waals surface area contributed by atoms with E-state index in [0.29, 0.717) is 0 Å². The van der Waals surface area contributed by atoms with Crippen LogP contribution in [0.25, 0.3) is 0 Å². The summed E-state index contributed by atoms with van der Waals surface area (Å²) in [6.45, 7) is 8.51. The Balaban J connectivity index is 4.37. The van der Waals surface area contributed by atoms with Gasteiger partial charge < -0.3 is 0 Å². The highest BCUT2D eigenvalue weighted by atomic mass is 13.9. The standard InChI is InChI=1S/C13H21B/c1-5-7-11(3)9-10-13(14)12(4)8-6-2/h8-10H,5-7H2,1-4H3/b11-9-,12-8-,13-10+. The third kappa shape index (κ3) is 5.85. The first-order chi connectivity index (χ1) is 6.61. The van der Waals surface area contributed by atoms with E-state index in [1.165, 1.54) is 17.6 Å². The van der Waals surface area contributed by atoms with Gasteiger partial charge in [0.15, 0.2) is 0 Å². The van der Waals surface area contributed by atoms with Crippen molar-refractivity contribution in [3.8, 4) is 0 Å². The van der Waals surface area contributed by atoms with E-state index in [0.717, 1.165) is 18.3 Å². The molecule has 0 heterocycles. The van der Waals surface area contributed by atoms with Crippen LogP contribution < -0.4 is 0 Å². The largest absolute Gasteiger partial charge is 0.114 e. The van der Waals surface area contributed by atoms with Crippen LogP contribution in [0.15, 0.2) is 34.8 Å². The zero-order chi connectivity index (χ0) is 11.0. The molecule has 0 aliphatic heterocycles. The van der Waals surface area contributed by atoms with Crippen molar-refractivity contribution in [2.75, 3.05) is 0 Å². The molecule has 0 aliphatic rings. The molecule has 76 valence electrons. The van der Waals surface area contributed by atoms with Crippen molar-refractivity contribution in [1.29, 1.82) is 0 Å². The zero-order valence-corrected chi connectivity index (χ0v) is 9.93. The lowest BCUT2D eigenvalue weighted by Crippen LogP contribution is -1.84. The van der Waals surface area contributed by atoms with Crippen LogP contribution in [0.5, 0.6) is 0 Å². The molecule has 0 atom stereocenters. The van der Waals surface area contributed by atoms with Crippen LogP contribution in [0, 0.1) is 0 Å². The molecule has 0 rings (SSSR count). The van der Waals surface area contributed by atoms with Crippen molar-refractivity contribution in [2.24, 2.45) is 0 Å². The maximum absolute atomic E-state index is 5.90. The Morgan fingerprint density at radius 1 is 1.14 bits per heavy atom. The molecule has 0 aromatic carbocycles. The smallest absolute Gasteiger partial charge is 0.0941 e. The van der Waals surface area contributed by atoms with Crippen LogP contribution in [-0.4, -0.2) is 7.85 Å². The molecule has 1 heteroatoms. The normalized spacial score (nSPS) is 14.7. The molecule has 0 nitrogen and oxygen atoms in total. The summed E-state index contributed by atoms with van der Waals surface area (Å²) in [4.78, 5) is 0. The number of rotatable bonds is 5. The maximum Gasteiger partial charge on any atom is 0.114 e. The van der Waals surface area contributed by atoms with Crippen LogP contribution >= 0.6 is 0 Å². The van der Waals surface area contributed by atoms with Gasteiger partial charge in [0.2, 0.25) is 0 Å². The summed E-state index contributed by atoms with van der Waals surface area (Å²) in [5, 5.41) is 0. The molecule has 0 saturated carbocycles. The first-order valence-corrected chi connectivity index (χ1v) is 5.41. The van der Waals surface area contributed by atoms with E-state index in [1.54, 1.807) is 0 Å². The molecule has 0 N–H and O–H groups in total. The molecule has 0 aliphatic carbocycles. The Hall–Kier alpha value is -0.715. The van der Waals surface area contributed by atoms with Gasteiger partial charge in [-0.05, 0) is 26.7 Å². The van der Waals surface area contributed by atoms with Crippen LogP contribution in [-0.2, 0) is 0 Å². The monoisotopic (exact) mass is 188 g/mol. The highest BCUT2D eigenvalue weighted by molar-refractivity contribution is 6.24. The molecule has 0 amide bonds. The van der Waals surface area contributed by atoms with Crippen molar-refractivity contribution < 1.29 is 0 Å². The van der Waals surface area contributed by atoms with E-state index >= 15 is 0 Å². The number of allylic oxidation sites excluding steroid dienone is 6. The summed E-state index contributed by atoms with van der Waals surface area (Å²) in [6, 6.07) is 0. The highest BCUT2D eigenvalue weighted by Gasteiger charge is 1.90. The fraction of sp³-hybridized carbons (Fsp3) is 0.538. The van der Waals surface area contributed by atoms with Gasteiger partial charge in [-0.3, -0.25) is 0 Å². The molecule has 0 aromatic rings. The van der Waals surface area contributed by atoms with E-state index in [2.05, 4.69) is 39.8 Å². The maximum atomic E-state index is 5.90. The SMILES string of the molecule is [B]C(=C/C=C(/C)CCC)/C(C)=C\CC. The third-order valence-electron chi connectivity index (χ3n) is 2.16. The van der Waals surface area contributed by atoms with Gasteiger partial charge in [-0.2, -0.15) is 0 Å². The molecule has 0 fully saturated rings. The Labute approximate surface area is 90.2 Å². The summed E-state index contributed by atoms with van der Waals surface area (Å²) < 4.78 is 0. The van der Waals surface area contributed by atoms with Gasteiger partial charge in [-0.25, -0.2) is 0 Å². The summed E-state index contributed by atoms with van der Waals surface area (Å²) in [5.74, 6) is 0. The van der Waals surface area contributed by atoms with E-state index in [9.17, 15) is 0 Å². The molecule has 0 bridgehead atoms. The molecule has 0 saturated heterocycles. The van der Waals surface area contributed by atoms with E-state index < -0.39 is 0 Å². The van der Waals surface area contributed by atoms with Crippen molar-refractivity contribution in [3.05, 3.63) is 34.8 Å². The van der Waals surface area contributed by atoms with Crippen molar-refractivity contribution in [1.82, 2.24) is 0 Å². The lowest BCUT2D eigenvalue weighted by molar-refractivity contribution is 0.905. The molecule has 2 radical (unpaired) electrons. The average molecular weight is 188 g/mol. The molecular weight excluding hydrogens is 167 g/mol. The van der Waals surface area contributed by atoms with Gasteiger partial charge in [0, 0.05) is 0 Å².